The maximum atomic E-state index is 12.8. The van der Waals surface area contributed by atoms with Crippen LogP contribution in [0, 0.1) is 0 Å². The number of aromatic nitrogens is 2. The van der Waals surface area contributed by atoms with Crippen LogP contribution in [0.3, 0.4) is 0 Å². The average Bonchev–Trinajstić information content (AvgIpc) is 3.33. The molecule has 1 atom stereocenters. The summed E-state index contributed by atoms with van der Waals surface area (Å²) in [5, 5.41) is 4.05. The van der Waals surface area contributed by atoms with Gasteiger partial charge in [0.25, 0.3) is 11.8 Å². The number of carbonyl (C=O) groups is 1. The van der Waals surface area contributed by atoms with Crippen molar-refractivity contribution in [2.24, 2.45) is 0 Å². The minimum atomic E-state index is -0.477. The van der Waals surface area contributed by atoms with Crippen LogP contribution >= 0.6 is 0 Å². The summed E-state index contributed by atoms with van der Waals surface area (Å²) in [6.07, 6.45) is -0.477. The summed E-state index contributed by atoms with van der Waals surface area (Å²) in [6, 6.07) is 15.2. The lowest BCUT2D eigenvalue weighted by atomic mass is 10.0. The zero-order chi connectivity index (χ0) is 22.5. The van der Waals surface area contributed by atoms with E-state index in [4.69, 9.17) is 18.7 Å². The molecule has 1 aromatic heterocycles. The van der Waals surface area contributed by atoms with Crippen LogP contribution < -0.4 is 9.47 Å². The van der Waals surface area contributed by atoms with E-state index in [1.807, 2.05) is 48.5 Å². The van der Waals surface area contributed by atoms with E-state index in [2.05, 4.69) is 24.0 Å². The van der Waals surface area contributed by atoms with E-state index >= 15 is 0 Å². The first kappa shape index (κ1) is 21.8. The summed E-state index contributed by atoms with van der Waals surface area (Å²) >= 11 is 0. The van der Waals surface area contributed by atoms with E-state index in [1.54, 1.807) is 12.0 Å². The van der Waals surface area contributed by atoms with Crippen LogP contribution in [-0.2, 0) is 9.53 Å². The van der Waals surface area contributed by atoms with Gasteiger partial charge in [0.2, 0.25) is 5.82 Å². The summed E-state index contributed by atoms with van der Waals surface area (Å²) in [5.41, 5.74) is 1.89. The van der Waals surface area contributed by atoms with E-state index in [-0.39, 0.29) is 12.5 Å². The molecule has 0 unspecified atom stereocenters. The molecule has 8 nitrogen and oxygen atoms in total. The van der Waals surface area contributed by atoms with E-state index in [0.717, 1.165) is 22.6 Å². The average molecular weight is 437 g/mol. The van der Waals surface area contributed by atoms with E-state index < -0.39 is 6.10 Å². The molecule has 2 heterocycles. The topological polar surface area (TPSA) is 86.9 Å². The number of morpholine rings is 1. The summed E-state index contributed by atoms with van der Waals surface area (Å²) in [7, 11) is 1.61. The highest BCUT2D eigenvalue weighted by Gasteiger charge is 2.30. The third kappa shape index (κ3) is 4.91. The quantitative estimate of drug-likeness (QED) is 0.555. The number of amides is 1. The van der Waals surface area contributed by atoms with Gasteiger partial charge in [-0.3, -0.25) is 4.79 Å². The van der Waals surface area contributed by atoms with Gasteiger partial charge in [0.15, 0.2) is 12.7 Å². The van der Waals surface area contributed by atoms with Gasteiger partial charge in [-0.15, -0.1) is 0 Å². The number of methoxy groups -OCH3 is 1. The van der Waals surface area contributed by atoms with Gasteiger partial charge in [-0.05, 0) is 41.8 Å². The first-order valence-electron chi connectivity index (χ1n) is 10.6. The van der Waals surface area contributed by atoms with Crippen molar-refractivity contribution in [1.29, 1.82) is 0 Å². The molecule has 0 aliphatic carbocycles. The second kappa shape index (κ2) is 9.82. The fourth-order valence-electron chi connectivity index (χ4n) is 3.57. The van der Waals surface area contributed by atoms with Crippen LogP contribution in [0.25, 0.3) is 11.4 Å². The van der Waals surface area contributed by atoms with Crippen molar-refractivity contribution in [3.8, 4) is 22.9 Å². The predicted octanol–water partition coefficient (Wildman–Crippen LogP) is 3.85. The van der Waals surface area contributed by atoms with Gasteiger partial charge in [0.1, 0.15) is 11.5 Å². The van der Waals surface area contributed by atoms with Crippen LogP contribution in [-0.4, -0.2) is 54.4 Å². The van der Waals surface area contributed by atoms with E-state index in [0.29, 0.717) is 37.3 Å². The summed E-state index contributed by atoms with van der Waals surface area (Å²) in [4.78, 5) is 19.0. The van der Waals surface area contributed by atoms with Gasteiger partial charge in [-0.1, -0.05) is 37.2 Å². The number of carbonyl (C=O) groups excluding carboxylic acids is 1. The van der Waals surface area contributed by atoms with Crippen molar-refractivity contribution >= 4 is 5.91 Å². The van der Waals surface area contributed by atoms with Crippen LogP contribution in [0.15, 0.2) is 53.1 Å². The predicted molar refractivity (Wildman–Crippen MR) is 118 cm³/mol. The number of hydrogen-bond donors (Lipinski definition) is 0. The summed E-state index contributed by atoms with van der Waals surface area (Å²) < 4.78 is 22.2. The normalized spacial score (nSPS) is 16.2. The SMILES string of the molecule is COc1ccc(-c2noc([C@@H]3CN(C(=O)COc4ccccc4C(C)C)CCO3)n2)cc1. The molecule has 0 spiro atoms. The monoisotopic (exact) mass is 437 g/mol. The molecule has 8 heteroatoms. The zero-order valence-electron chi connectivity index (χ0n) is 18.5. The highest BCUT2D eigenvalue weighted by Crippen LogP contribution is 2.27. The van der Waals surface area contributed by atoms with Crippen molar-refractivity contribution in [2.75, 3.05) is 33.4 Å². The van der Waals surface area contributed by atoms with E-state index in [9.17, 15) is 4.79 Å². The van der Waals surface area contributed by atoms with Gasteiger partial charge in [-0.2, -0.15) is 4.98 Å². The van der Waals surface area contributed by atoms with Gasteiger partial charge < -0.3 is 23.6 Å². The Morgan fingerprint density at radius 2 is 1.97 bits per heavy atom. The lowest BCUT2D eigenvalue weighted by molar-refractivity contribution is -0.142. The fraction of sp³-hybridized carbons (Fsp3) is 0.375. The Balaban J connectivity index is 1.38. The number of benzene rings is 2. The van der Waals surface area contributed by atoms with Crippen LogP contribution in [0.1, 0.15) is 37.3 Å². The third-order valence-electron chi connectivity index (χ3n) is 5.38. The lowest BCUT2D eigenvalue weighted by Gasteiger charge is -2.31. The molecule has 1 aliphatic heterocycles. The molecule has 1 aliphatic rings. The van der Waals surface area contributed by atoms with E-state index in [1.165, 1.54) is 0 Å². The van der Waals surface area contributed by atoms with Crippen molar-refractivity contribution in [3.63, 3.8) is 0 Å². The molecule has 0 radical (unpaired) electrons. The van der Waals surface area contributed by atoms with Crippen molar-refractivity contribution in [3.05, 3.63) is 60.0 Å². The van der Waals surface area contributed by atoms with Crippen molar-refractivity contribution < 1.29 is 23.5 Å². The molecule has 0 saturated carbocycles. The zero-order valence-corrected chi connectivity index (χ0v) is 18.5. The molecular weight excluding hydrogens is 410 g/mol. The number of rotatable bonds is 7. The molecule has 4 rings (SSSR count). The number of hydrogen-bond acceptors (Lipinski definition) is 7. The Labute approximate surface area is 187 Å². The van der Waals surface area contributed by atoms with Crippen molar-refractivity contribution in [1.82, 2.24) is 15.0 Å². The second-order valence-corrected chi connectivity index (χ2v) is 7.87. The number of para-hydroxylation sites is 1. The third-order valence-corrected chi connectivity index (χ3v) is 5.38. The second-order valence-electron chi connectivity index (χ2n) is 7.87. The van der Waals surface area contributed by atoms with Gasteiger partial charge in [0.05, 0.1) is 20.3 Å². The largest absolute Gasteiger partial charge is 0.497 e. The molecule has 2 aromatic carbocycles. The lowest BCUT2D eigenvalue weighted by Crippen LogP contribution is -2.44. The maximum Gasteiger partial charge on any atom is 0.260 e. The molecule has 3 aromatic rings. The number of nitrogens with zero attached hydrogens (tertiary/aromatic N) is 3. The molecule has 168 valence electrons. The highest BCUT2D eigenvalue weighted by molar-refractivity contribution is 5.78. The minimum Gasteiger partial charge on any atom is -0.497 e. The smallest absolute Gasteiger partial charge is 0.260 e. The van der Waals surface area contributed by atoms with Crippen LogP contribution in [0.4, 0.5) is 0 Å². The Morgan fingerprint density at radius 1 is 1.19 bits per heavy atom. The summed E-state index contributed by atoms with van der Waals surface area (Å²) in [6.45, 7) is 5.38. The summed E-state index contributed by atoms with van der Waals surface area (Å²) in [5.74, 6) is 2.50. The molecule has 0 N–H and O–H groups in total. The van der Waals surface area contributed by atoms with Gasteiger partial charge >= 0.3 is 0 Å². The minimum absolute atomic E-state index is 0.0304. The molecule has 1 amide bonds. The first-order valence-corrected chi connectivity index (χ1v) is 10.6. The molecule has 1 fully saturated rings. The Bertz CT molecular complexity index is 1050. The van der Waals surface area contributed by atoms with Gasteiger partial charge in [0, 0.05) is 12.1 Å². The van der Waals surface area contributed by atoms with Crippen molar-refractivity contribution in [2.45, 2.75) is 25.9 Å². The Hall–Kier alpha value is -3.39. The highest BCUT2D eigenvalue weighted by atomic mass is 16.5. The molecule has 32 heavy (non-hydrogen) atoms. The first-order chi connectivity index (χ1) is 15.5. The molecular formula is C24H27N3O5. The maximum absolute atomic E-state index is 12.8. The van der Waals surface area contributed by atoms with Crippen LogP contribution in [0.2, 0.25) is 0 Å². The fourth-order valence-corrected chi connectivity index (χ4v) is 3.57. The Morgan fingerprint density at radius 3 is 2.72 bits per heavy atom. The standard InChI is InChI=1S/C24H27N3O5/c1-16(2)19-6-4-5-7-20(19)31-15-22(28)27-12-13-30-21(14-27)24-25-23(26-32-24)17-8-10-18(29-3)11-9-17/h4-11,16,21H,12-15H2,1-3H3/t21-/m0/s1. The Kier molecular flexibility index (Phi) is 6.70. The van der Waals surface area contributed by atoms with Crippen LogP contribution in [0.5, 0.6) is 11.5 Å². The number of ether oxygens (including phenoxy) is 3. The molecule has 1 saturated heterocycles. The molecule has 0 bridgehead atoms. The van der Waals surface area contributed by atoms with Gasteiger partial charge in [-0.25, -0.2) is 0 Å².